The fourth-order valence-electron chi connectivity index (χ4n) is 2.15. The fourth-order valence-corrected chi connectivity index (χ4v) is 2.15. The lowest BCUT2D eigenvalue weighted by atomic mass is 10.1. The Morgan fingerprint density at radius 3 is 2.50 bits per heavy atom. The first-order chi connectivity index (χ1) is 10.7. The molecule has 0 radical (unpaired) electrons. The van der Waals surface area contributed by atoms with E-state index >= 15 is 0 Å². The normalized spacial score (nSPS) is 10.9. The zero-order valence-electron chi connectivity index (χ0n) is 11.8. The molecule has 1 heterocycles. The number of rotatable bonds is 3. The second-order valence-electron chi connectivity index (χ2n) is 4.78. The lowest BCUT2D eigenvalue weighted by Gasteiger charge is -2.04. The van der Waals surface area contributed by atoms with Gasteiger partial charge < -0.3 is 11.5 Å². The van der Waals surface area contributed by atoms with Gasteiger partial charge in [-0.2, -0.15) is 5.10 Å². The van der Waals surface area contributed by atoms with Crippen LogP contribution in [0.1, 0.15) is 5.56 Å². The predicted molar refractivity (Wildman–Crippen MR) is 90.6 cm³/mol. The molecule has 108 valence electrons. The molecule has 3 rings (SSSR count). The maximum atomic E-state index is 5.23. The van der Waals surface area contributed by atoms with E-state index in [1.165, 1.54) is 0 Å². The molecule has 0 unspecified atom stereocenters. The number of nitrogens with zero attached hydrogens (tertiary/aromatic N) is 3. The summed E-state index contributed by atoms with van der Waals surface area (Å²) in [6.07, 6.45) is 1.59. The van der Waals surface area contributed by atoms with Crippen molar-refractivity contribution in [3.63, 3.8) is 0 Å². The van der Waals surface area contributed by atoms with Crippen molar-refractivity contribution in [1.29, 1.82) is 0 Å². The Morgan fingerprint density at radius 1 is 0.955 bits per heavy atom. The van der Waals surface area contributed by atoms with E-state index in [1.807, 2.05) is 54.6 Å². The standard InChI is InChI=1S/C17H15N5/c18-17(19)22-20-11-12-6-7-14-8-9-15(21-16(14)10-12)13-4-2-1-3-5-13/h1-11H,(H4,18,19,22). The van der Waals surface area contributed by atoms with Crippen molar-refractivity contribution in [3.05, 3.63) is 66.2 Å². The lowest BCUT2D eigenvalue weighted by Crippen LogP contribution is -2.21. The summed E-state index contributed by atoms with van der Waals surface area (Å²) in [7, 11) is 0. The van der Waals surface area contributed by atoms with E-state index in [4.69, 9.17) is 16.5 Å². The van der Waals surface area contributed by atoms with Gasteiger partial charge in [-0.05, 0) is 17.7 Å². The summed E-state index contributed by atoms with van der Waals surface area (Å²) in [4.78, 5) is 4.70. The van der Waals surface area contributed by atoms with Crippen molar-refractivity contribution in [2.24, 2.45) is 21.7 Å². The van der Waals surface area contributed by atoms with Crippen LogP contribution in [0.15, 0.2) is 70.9 Å². The van der Waals surface area contributed by atoms with Crippen LogP contribution in [0.2, 0.25) is 0 Å². The van der Waals surface area contributed by atoms with Gasteiger partial charge in [-0.15, -0.1) is 5.10 Å². The molecule has 2 aromatic carbocycles. The van der Waals surface area contributed by atoms with Crippen LogP contribution in [0.25, 0.3) is 22.2 Å². The molecule has 3 aromatic rings. The van der Waals surface area contributed by atoms with Crippen molar-refractivity contribution in [2.75, 3.05) is 0 Å². The Balaban J connectivity index is 2.00. The highest BCUT2D eigenvalue weighted by molar-refractivity contribution is 5.89. The van der Waals surface area contributed by atoms with Gasteiger partial charge in [-0.25, -0.2) is 4.98 Å². The molecule has 0 aliphatic heterocycles. The second kappa shape index (κ2) is 6.05. The van der Waals surface area contributed by atoms with E-state index in [0.717, 1.165) is 27.7 Å². The molecule has 0 aliphatic carbocycles. The summed E-state index contributed by atoms with van der Waals surface area (Å²) in [6, 6.07) is 20.0. The molecule has 0 spiro atoms. The molecule has 0 saturated heterocycles. The molecule has 4 N–H and O–H groups in total. The van der Waals surface area contributed by atoms with Gasteiger partial charge in [-0.1, -0.05) is 48.5 Å². The Bertz CT molecular complexity index is 849. The number of hydrogen-bond acceptors (Lipinski definition) is 3. The molecule has 0 bridgehead atoms. The van der Waals surface area contributed by atoms with Gasteiger partial charge >= 0.3 is 0 Å². The van der Waals surface area contributed by atoms with Crippen molar-refractivity contribution in [1.82, 2.24) is 4.98 Å². The molecule has 0 atom stereocenters. The van der Waals surface area contributed by atoms with Crippen molar-refractivity contribution >= 4 is 23.1 Å². The van der Waals surface area contributed by atoms with E-state index < -0.39 is 0 Å². The van der Waals surface area contributed by atoms with Gasteiger partial charge in [0.15, 0.2) is 0 Å². The van der Waals surface area contributed by atoms with Gasteiger partial charge in [-0.3, -0.25) is 0 Å². The average molecular weight is 289 g/mol. The van der Waals surface area contributed by atoms with Crippen LogP contribution >= 0.6 is 0 Å². The number of benzene rings is 2. The number of hydrogen-bond donors (Lipinski definition) is 2. The molecular formula is C17H15N5. The number of guanidine groups is 1. The minimum Gasteiger partial charge on any atom is -0.369 e. The lowest BCUT2D eigenvalue weighted by molar-refractivity contribution is 1.21. The van der Waals surface area contributed by atoms with E-state index in [2.05, 4.69) is 16.3 Å². The van der Waals surface area contributed by atoms with Gasteiger partial charge in [0.25, 0.3) is 0 Å². The van der Waals surface area contributed by atoms with Gasteiger partial charge in [0.1, 0.15) is 0 Å². The quantitative estimate of drug-likeness (QED) is 0.441. The smallest absolute Gasteiger partial charge is 0.211 e. The van der Waals surface area contributed by atoms with Crippen LogP contribution in [0.3, 0.4) is 0 Å². The van der Waals surface area contributed by atoms with Crippen molar-refractivity contribution < 1.29 is 0 Å². The van der Waals surface area contributed by atoms with Gasteiger partial charge in [0.2, 0.25) is 5.96 Å². The third-order valence-electron chi connectivity index (χ3n) is 3.17. The number of aromatic nitrogens is 1. The first kappa shape index (κ1) is 13.8. The maximum absolute atomic E-state index is 5.23. The summed E-state index contributed by atoms with van der Waals surface area (Å²) >= 11 is 0. The van der Waals surface area contributed by atoms with E-state index in [9.17, 15) is 0 Å². The monoisotopic (exact) mass is 289 g/mol. The highest BCUT2D eigenvalue weighted by Gasteiger charge is 2.01. The van der Waals surface area contributed by atoms with Crippen LogP contribution < -0.4 is 11.5 Å². The average Bonchev–Trinajstić information content (AvgIpc) is 2.55. The van der Waals surface area contributed by atoms with Crippen LogP contribution in [0.5, 0.6) is 0 Å². The summed E-state index contributed by atoms with van der Waals surface area (Å²) in [5, 5.41) is 8.47. The SMILES string of the molecule is NC(N)=NN=Cc1ccc2ccc(-c3ccccc3)nc2c1. The van der Waals surface area contributed by atoms with Crippen molar-refractivity contribution in [3.8, 4) is 11.3 Å². The zero-order valence-corrected chi connectivity index (χ0v) is 11.8. The highest BCUT2D eigenvalue weighted by atomic mass is 15.3. The summed E-state index contributed by atoms with van der Waals surface area (Å²) in [6.45, 7) is 0. The number of fused-ring (bicyclic) bond motifs is 1. The van der Waals surface area contributed by atoms with Crippen LogP contribution in [0, 0.1) is 0 Å². The first-order valence-electron chi connectivity index (χ1n) is 6.80. The molecule has 5 nitrogen and oxygen atoms in total. The summed E-state index contributed by atoms with van der Waals surface area (Å²) < 4.78 is 0. The number of pyridine rings is 1. The van der Waals surface area contributed by atoms with E-state index in [-0.39, 0.29) is 5.96 Å². The van der Waals surface area contributed by atoms with E-state index in [1.54, 1.807) is 6.21 Å². The largest absolute Gasteiger partial charge is 0.369 e. The van der Waals surface area contributed by atoms with Gasteiger partial charge in [0.05, 0.1) is 17.4 Å². The fraction of sp³-hybridized carbons (Fsp3) is 0. The molecule has 0 fully saturated rings. The molecular weight excluding hydrogens is 274 g/mol. The molecule has 0 saturated carbocycles. The number of nitrogens with two attached hydrogens (primary N) is 2. The summed E-state index contributed by atoms with van der Waals surface area (Å²) in [5.74, 6) is -0.0680. The molecule has 5 heteroatoms. The third kappa shape index (κ3) is 3.09. The Hall–Kier alpha value is -3.21. The zero-order chi connectivity index (χ0) is 15.4. The van der Waals surface area contributed by atoms with Gasteiger partial charge in [0, 0.05) is 10.9 Å². The van der Waals surface area contributed by atoms with Crippen LogP contribution in [-0.2, 0) is 0 Å². The topological polar surface area (TPSA) is 89.7 Å². The Morgan fingerprint density at radius 2 is 1.73 bits per heavy atom. The Kier molecular flexibility index (Phi) is 3.78. The van der Waals surface area contributed by atoms with Crippen molar-refractivity contribution in [2.45, 2.75) is 0 Å². The highest BCUT2D eigenvalue weighted by Crippen LogP contribution is 2.21. The minimum absolute atomic E-state index is 0.0680. The van der Waals surface area contributed by atoms with Crippen LogP contribution in [-0.4, -0.2) is 17.2 Å². The predicted octanol–water partition coefficient (Wildman–Crippen LogP) is 2.51. The van der Waals surface area contributed by atoms with E-state index in [0.29, 0.717) is 0 Å². The minimum atomic E-state index is -0.0680. The first-order valence-corrected chi connectivity index (χ1v) is 6.80. The molecule has 22 heavy (non-hydrogen) atoms. The Labute approximate surface area is 128 Å². The third-order valence-corrected chi connectivity index (χ3v) is 3.17. The summed E-state index contributed by atoms with van der Waals surface area (Å²) in [5.41, 5.74) is 14.3. The molecule has 0 amide bonds. The molecule has 0 aliphatic rings. The van der Waals surface area contributed by atoms with Crippen LogP contribution in [0.4, 0.5) is 0 Å². The molecule has 1 aromatic heterocycles. The second-order valence-corrected chi connectivity index (χ2v) is 4.78. The maximum Gasteiger partial charge on any atom is 0.211 e.